The number of amides is 2. The third-order valence-electron chi connectivity index (χ3n) is 4.64. The summed E-state index contributed by atoms with van der Waals surface area (Å²) in [5, 5.41) is 2.89. The first-order valence-electron chi connectivity index (χ1n) is 9.70. The molecular formula is C23H30N2O3. The van der Waals surface area contributed by atoms with Crippen molar-refractivity contribution in [1.82, 2.24) is 10.2 Å². The Hall–Kier alpha value is -2.82. The molecule has 1 N–H and O–H groups in total. The van der Waals surface area contributed by atoms with E-state index >= 15 is 0 Å². The normalized spacial score (nSPS) is 11.6. The fourth-order valence-corrected chi connectivity index (χ4v) is 3.04. The maximum absolute atomic E-state index is 13.1. The van der Waals surface area contributed by atoms with Crippen LogP contribution in [0.1, 0.15) is 37.0 Å². The fraction of sp³-hybridized carbons (Fsp3) is 0.391. The largest absolute Gasteiger partial charge is 0.497 e. The molecular weight excluding hydrogens is 352 g/mol. The quantitative estimate of drug-likeness (QED) is 0.722. The predicted octanol–water partition coefficient (Wildman–Crippen LogP) is 3.49. The number of hydrogen-bond acceptors (Lipinski definition) is 3. The van der Waals surface area contributed by atoms with E-state index in [1.54, 1.807) is 18.9 Å². The number of rotatable bonds is 9. The first kappa shape index (κ1) is 21.5. The zero-order chi connectivity index (χ0) is 20.5. The van der Waals surface area contributed by atoms with Crippen molar-refractivity contribution >= 4 is 11.8 Å². The summed E-state index contributed by atoms with van der Waals surface area (Å²) in [5.41, 5.74) is 2.98. The molecule has 0 aliphatic heterocycles. The molecule has 0 heterocycles. The Morgan fingerprint density at radius 1 is 1.11 bits per heavy atom. The standard InChI is InChI=1S/C23H30N2O3/c1-5-12-24-23(27)18(3)25(16-20-10-7-11-21(14-20)28-4)22(26)15-19-9-6-8-17(2)13-19/h6-11,13-14,18H,5,12,15-16H2,1-4H3,(H,24,27)/t18-/m0/s1. The van der Waals surface area contributed by atoms with Crippen molar-refractivity contribution in [1.29, 1.82) is 0 Å². The van der Waals surface area contributed by atoms with Crippen LogP contribution in [-0.2, 0) is 22.6 Å². The minimum absolute atomic E-state index is 0.0763. The second-order valence-electron chi connectivity index (χ2n) is 7.01. The van der Waals surface area contributed by atoms with Gasteiger partial charge >= 0.3 is 0 Å². The summed E-state index contributed by atoms with van der Waals surface area (Å²) in [6.45, 7) is 6.73. The summed E-state index contributed by atoms with van der Waals surface area (Å²) in [7, 11) is 1.61. The summed E-state index contributed by atoms with van der Waals surface area (Å²) in [6, 6.07) is 14.9. The molecule has 28 heavy (non-hydrogen) atoms. The summed E-state index contributed by atoms with van der Waals surface area (Å²) < 4.78 is 5.28. The second-order valence-corrected chi connectivity index (χ2v) is 7.01. The van der Waals surface area contributed by atoms with E-state index in [2.05, 4.69) is 5.32 Å². The number of nitrogens with one attached hydrogen (secondary N) is 1. The highest BCUT2D eigenvalue weighted by atomic mass is 16.5. The highest BCUT2D eigenvalue weighted by molar-refractivity contribution is 5.88. The zero-order valence-corrected chi connectivity index (χ0v) is 17.2. The predicted molar refractivity (Wildman–Crippen MR) is 111 cm³/mol. The Bertz CT molecular complexity index is 804. The molecule has 1 atom stereocenters. The van der Waals surface area contributed by atoms with Crippen molar-refractivity contribution in [3.8, 4) is 5.75 Å². The lowest BCUT2D eigenvalue weighted by Crippen LogP contribution is -2.48. The van der Waals surface area contributed by atoms with Gasteiger partial charge in [-0.25, -0.2) is 0 Å². The van der Waals surface area contributed by atoms with Crippen molar-refractivity contribution in [2.24, 2.45) is 0 Å². The monoisotopic (exact) mass is 382 g/mol. The van der Waals surface area contributed by atoms with Crippen molar-refractivity contribution in [3.05, 3.63) is 65.2 Å². The number of ether oxygens (including phenoxy) is 1. The Balaban J connectivity index is 2.23. The van der Waals surface area contributed by atoms with E-state index in [-0.39, 0.29) is 18.2 Å². The van der Waals surface area contributed by atoms with E-state index < -0.39 is 6.04 Å². The van der Waals surface area contributed by atoms with E-state index in [0.717, 1.165) is 28.9 Å². The smallest absolute Gasteiger partial charge is 0.242 e. The van der Waals surface area contributed by atoms with E-state index in [1.165, 1.54) is 0 Å². The van der Waals surface area contributed by atoms with Gasteiger partial charge in [-0.2, -0.15) is 0 Å². The van der Waals surface area contributed by atoms with Gasteiger partial charge in [0.05, 0.1) is 13.5 Å². The van der Waals surface area contributed by atoms with Crippen molar-refractivity contribution in [2.75, 3.05) is 13.7 Å². The van der Waals surface area contributed by atoms with Gasteiger partial charge in [0, 0.05) is 13.1 Å². The van der Waals surface area contributed by atoms with Crippen LogP contribution in [0, 0.1) is 6.92 Å². The minimum Gasteiger partial charge on any atom is -0.497 e. The number of aryl methyl sites for hydroxylation is 1. The molecule has 5 heteroatoms. The lowest BCUT2D eigenvalue weighted by molar-refractivity contribution is -0.140. The van der Waals surface area contributed by atoms with Crippen LogP contribution in [0.3, 0.4) is 0 Å². The third-order valence-corrected chi connectivity index (χ3v) is 4.64. The van der Waals surface area contributed by atoms with E-state index in [4.69, 9.17) is 4.74 Å². The number of benzene rings is 2. The van der Waals surface area contributed by atoms with E-state index in [0.29, 0.717) is 13.1 Å². The van der Waals surface area contributed by atoms with E-state index in [1.807, 2.05) is 62.4 Å². The van der Waals surface area contributed by atoms with Crippen LogP contribution < -0.4 is 10.1 Å². The van der Waals surface area contributed by atoms with Crippen molar-refractivity contribution in [2.45, 2.75) is 46.2 Å². The van der Waals surface area contributed by atoms with Crippen LogP contribution in [0.25, 0.3) is 0 Å². The highest BCUT2D eigenvalue weighted by Crippen LogP contribution is 2.17. The van der Waals surface area contributed by atoms with Crippen LogP contribution in [0.15, 0.2) is 48.5 Å². The Morgan fingerprint density at radius 3 is 2.50 bits per heavy atom. The Labute approximate surface area is 167 Å². The molecule has 0 radical (unpaired) electrons. The lowest BCUT2D eigenvalue weighted by Gasteiger charge is -2.29. The van der Waals surface area contributed by atoms with Crippen LogP contribution in [0.2, 0.25) is 0 Å². The lowest BCUT2D eigenvalue weighted by atomic mass is 10.1. The summed E-state index contributed by atoms with van der Waals surface area (Å²) in [4.78, 5) is 27.3. The van der Waals surface area contributed by atoms with Gasteiger partial charge < -0.3 is 15.0 Å². The van der Waals surface area contributed by atoms with Gasteiger partial charge in [-0.15, -0.1) is 0 Å². The molecule has 0 aromatic heterocycles. The van der Waals surface area contributed by atoms with Crippen molar-refractivity contribution in [3.63, 3.8) is 0 Å². The van der Waals surface area contributed by atoms with Crippen molar-refractivity contribution < 1.29 is 14.3 Å². The fourth-order valence-electron chi connectivity index (χ4n) is 3.04. The van der Waals surface area contributed by atoms with Gasteiger partial charge in [0.15, 0.2) is 0 Å². The Morgan fingerprint density at radius 2 is 1.82 bits per heavy atom. The molecule has 150 valence electrons. The molecule has 2 aromatic carbocycles. The molecule has 0 aliphatic carbocycles. The molecule has 0 spiro atoms. The molecule has 2 rings (SSSR count). The third kappa shape index (κ3) is 6.12. The highest BCUT2D eigenvalue weighted by Gasteiger charge is 2.26. The van der Waals surface area contributed by atoms with Crippen LogP contribution in [0.4, 0.5) is 0 Å². The number of hydrogen-bond donors (Lipinski definition) is 1. The van der Waals surface area contributed by atoms with Gasteiger partial charge in [0.2, 0.25) is 11.8 Å². The van der Waals surface area contributed by atoms with Gasteiger partial charge in [0.25, 0.3) is 0 Å². The zero-order valence-electron chi connectivity index (χ0n) is 17.2. The first-order valence-corrected chi connectivity index (χ1v) is 9.70. The average molecular weight is 383 g/mol. The van der Waals surface area contributed by atoms with Gasteiger partial charge in [-0.05, 0) is 43.5 Å². The summed E-state index contributed by atoms with van der Waals surface area (Å²) >= 11 is 0. The summed E-state index contributed by atoms with van der Waals surface area (Å²) in [6.07, 6.45) is 1.11. The molecule has 0 saturated heterocycles. The maximum atomic E-state index is 13.1. The number of methoxy groups -OCH3 is 1. The Kier molecular flexibility index (Phi) is 8.05. The molecule has 0 aliphatic rings. The molecule has 0 fully saturated rings. The SMILES string of the molecule is CCCNC(=O)[C@H](C)N(Cc1cccc(OC)c1)C(=O)Cc1cccc(C)c1. The molecule has 2 amide bonds. The van der Waals surface area contributed by atoms with Crippen LogP contribution >= 0.6 is 0 Å². The molecule has 0 saturated carbocycles. The van der Waals surface area contributed by atoms with Crippen LogP contribution in [0.5, 0.6) is 5.75 Å². The van der Waals surface area contributed by atoms with Gasteiger partial charge in [-0.1, -0.05) is 48.9 Å². The number of carbonyl (C=O) groups is 2. The number of carbonyl (C=O) groups excluding carboxylic acids is 2. The summed E-state index contributed by atoms with van der Waals surface area (Å²) in [5.74, 6) is 0.515. The topological polar surface area (TPSA) is 58.6 Å². The molecule has 0 unspecified atom stereocenters. The average Bonchev–Trinajstić information content (AvgIpc) is 2.69. The van der Waals surface area contributed by atoms with Gasteiger partial charge in [0.1, 0.15) is 11.8 Å². The van der Waals surface area contributed by atoms with Crippen LogP contribution in [-0.4, -0.2) is 36.4 Å². The van der Waals surface area contributed by atoms with E-state index in [9.17, 15) is 9.59 Å². The maximum Gasteiger partial charge on any atom is 0.242 e. The van der Waals surface area contributed by atoms with Gasteiger partial charge in [-0.3, -0.25) is 9.59 Å². The molecule has 0 bridgehead atoms. The first-order chi connectivity index (χ1) is 13.4. The molecule has 5 nitrogen and oxygen atoms in total. The number of nitrogens with zero attached hydrogens (tertiary/aromatic N) is 1. The minimum atomic E-state index is -0.560. The second kappa shape index (κ2) is 10.5. The molecule has 2 aromatic rings.